The molecular formula is C42H30Cl4F6N6O10S2. The number of pyridine rings is 2. The Hall–Kier alpha value is -6.12. The van der Waals surface area contributed by atoms with Gasteiger partial charge in [-0.1, -0.05) is 70.7 Å². The number of nitro groups is 1. The Labute approximate surface area is 413 Å². The van der Waals surface area contributed by atoms with Gasteiger partial charge in [-0.25, -0.2) is 35.4 Å². The summed E-state index contributed by atoms with van der Waals surface area (Å²) in [6.45, 7) is -1.44. The van der Waals surface area contributed by atoms with E-state index in [1.165, 1.54) is 31.4 Å². The summed E-state index contributed by atoms with van der Waals surface area (Å²) < 4.78 is 145. The number of sulfonamides is 2. The largest absolute Gasteiger partial charge is 0.417 e. The van der Waals surface area contributed by atoms with Crippen LogP contribution < -0.4 is 14.3 Å². The normalized spacial score (nSPS) is 11.9. The molecule has 0 atom stereocenters. The molecule has 0 radical (unpaired) electrons. The van der Waals surface area contributed by atoms with Crippen LogP contribution in [0.3, 0.4) is 0 Å². The van der Waals surface area contributed by atoms with Gasteiger partial charge in [-0.05, 0) is 66.7 Å². The van der Waals surface area contributed by atoms with E-state index < -0.39 is 116 Å². The summed E-state index contributed by atoms with van der Waals surface area (Å²) in [6.07, 6.45) is -7.73. The number of hydrogen-bond donors (Lipinski definition) is 1. The molecule has 0 saturated carbocycles. The van der Waals surface area contributed by atoms with Crippen molar-refractivity contribution in [2.24, 2.45) is 0 Å². The third-order valence-electron chi connectivity index (χ3n) is 9.34. The number of ketones is 2. The first-order valence-corrected chi connectivity index (χ1v) is 23.3. The van der Waals surface area contributed by atoms with Crippen LogP contribution in [0, 0.1) is 10.1 Å². The summed E-state index contributed by atoms with van der Waals surface area (Å²) in [5.74, 6) is -1.76. The molecule has 16 nitrogen and oxygen atoms in total. The second-order valence-corrected chi connectivity index (χ2v) is 19.3. The Balaban J connectivity index is 0.000000261. The Kier molecular flexibility index (Phi) is 17.1. The number of methoxy groups -OCH3 is 2. The van der Waals surface area contributed by atoms with Crippen LogP contribution in [0.25, 0.3) is 0 Å². The minimum Gasteiger partial charge on any atom is -0.398 e. The van der Waals surface area contributed by atoms with E-state index in [2.05, 4.69) is 9.97 Å². The standard InChI is InChI=1S/C21H14Cl2F3N3O6S.C21H16Cl2F3N3O4S/c1-35-11-28(36(33,34)13-6-7-16(23)15(9-13)21(24,25)26)18-8-12(22)10-27-19(18)20(30)14-4-2-3-5-17(14)29(31)32;1-33-11-29(34(31,32)13-6-7-16(23)15(9-13)21(24,25)26)18-8-12(22)10-28-19(18)20(30)14-4-2-3-5-17(14)27/h2-10H,11H2,1H3;2-10H,11,27H2,1H3. The highest BCUT2D eigenvalue weighted by molar-refractivity contribution is 7.93. The predicted molar refractivity (Wildman–Crippen MR) is 245 cm³/mol. The summed E-state index contributed by atoms with van der Waals surface area (Å²) in [6, 6.07) is 17.1. The molecule has 2 N–H and O–H groups in total. The van der Waals surface area contributed by atoms with Crippen LogP contribution in [0.15, 0.2) is 119 Å². The van der Waals surface area contributed by atoms with Crippen molar-refractivity contribution in [3.63, 3.8) is 0 Å². The van der Waals surface area contributed by atoms with E-state index in [0.717, 1.165) is 68.0 Å². The van der Waals surface area contributed by atoms with E-state index in [1.807, 2.05) is 0 Å². The van der Waals surface area contributed by atoms with Crippen molar-refractivity contribution in [1.29, 1.82) is 0 Å². The number of nitro benzene ring substituents is 1. The lowest BCUT2D eigenvalue weighted by atomic mass is 10.0. The average Bonchev–Trinajstić information content (AvgIpc) is 3.29. The van der Waals surface area contributed by atoms with Crippen molar-refractivity contribution in [3.05, 3.63) is 173 Å². The van der Waals surface area contributed by atoms with Crippen molar-refractivity contribution in [2.75, 3.05) is 42.0 Å². The lowest BCUT2D eigenvalue weighted by Gasteiger charge is -2.25. The quantitative estimate of drug-likeness (QED) is 0.0253. The fourth-order valence-corrected chi connectivity index (χ4v) is 9.72. The number of alkyl halides is 6. The highest BCUT2D eigenvalue weighted by atomic mass is 35.5. The maximum Gasteiger partial charge on any atom is 0.417 e. The van der Waals surface area contributed by atoms with Gasteiger partial charge in [0.1, 0.15) is 30.4 Å². The van der Waals surface area contributed by atoms with Crippen LogP contribution in [0.2, 0.25) is 20.1 Å². The third-order valence-corrected chi connectivity index (χ3v) is 13.9. The second-order valence-electron chi connectivity index (χ2n) is 13.9. The van der Waals surface area contributed by atoms with Crippen LogP contribution in [0.5, 0.6) is 0 Å². The molecule has 4 aromatic carbocycles. The molecule has 0 aliphatic rings. The molecule has 28 heteroatoms. The minimum atomic E-state index is -4.96. The van der Waals surface area contributed by atoms with Gasteiger partial charge in [-0.15, -0.1) is 0 Å². The minimum absolute atomic E-state index is 0.0315. The van der Waals surface area contributed by atoms with Crippen LogP contribution in [0.4, 0.5) is 49.1 Å². The number of nitrogen functional groups attached to an aromatic ring is 1. The van der Waals surface area contributed by atoms with Crippen molar-refractivity contribution in [3.8, 4) is 0 Å². The van der Waals surface area contributed by atoms with Crippen molar-refractivity contribution >= 4 is 101 Å². The molecule has 70 heavy (non-hydrogen) atoms. The molecular weight excluding hydrogens is 1070 g/mol. The number of hydrogen-bond acceptors (Lipinski definition) is 13. The zero-order chi connectivity index (χ0) is 52.1. The molecule has 0 aliphatic carbocycles. The SMILES string of the molecule is COCN(c1cc(Cl)cnc1C(=O)c1ccccc1N)S(=O)(=O)c1ccc(Cl)c(C(F)(F)F)c1.COCN(c1cc(Cl)cnc1C(=O)c1ccccc1[N+](=O)[O-])S(=O)(=O)c1ccc(Cl)c(C(F)(F)F)c1. The molecule has 370 valence electrons. The summed E-state index contributed by atoms with van der Waals surface area (Å²) in [4.78, 5) is 43.3. The van der Waals surface area contributed by atoms with E-state index in [0.29, 0.717) is 20.7 Å². The number of halogens is 10. The number of anilines is 3. The van der Waals surface area contributed by atoms with Gasteiger partial charge in [-0.2, -0.15) is 26.3 Å². The maximum atomic E-state index is 13.5. The van der Waals surface area contributed by atoms with Crippen molar-refractivity contribution < 1.29 is 67.2 Å². The molecule has 0 fully saturated rings. The number of aromatic nitrogens is 2. The number of nitrogens with zero attached hydrogens (tertiary/aromatic N) is 5. The maximum absolute atomic E-state index is 13.5. The first-order valence-electron chi connectivity index (χ1n) is 18.9. The van der Waals surface area contributed by atoms with Crippen molar-refractivity contribution in [2.45, 2.75) is 22.1 Å². The zero-order valence-corrected chi connectivity index (χ0v) is 40.0. The molecule has 0 spiro atoms. The van der Waals surface area contributed by atoms with Gasteiger partial charge in [0, 0.05) is 43.9 Å². The summed E-state index contributed by atoms with van der Waals surface area (Å²) in [7, 11) is -7.27. The fourth-order valence-electron chi connectivity index (χ4n) is 6.16. The summed E-state index contributed by atoms with van der Waals surface area (Å²) in [5.41, 5.74) is 0.597. The number of carbonyl (C=O) groups is 2. The second kappa shape index (κ2) is 21.9. The number of para-hydroxylation sites is 2. The average molecular weight is 1100 g/mol. The first-order chi connectivity index (χ1) is 32.7. The molecule has 0 saturated heterocycles. The molecule has 2 aromatic heterocycles. The zero-order valence-electron chi connectivity index (χ0n) is 35.3. The summed E-state index contributed by atoms with van der Waals surface area (Å²) >= 11 is 23.2. The van der Waals surface area contributed by atoms with E-state index in [4.69, 9.17) is 61.6 Å². The van der Waals surface area contributed by atoms with Gasteiger partial charge in [0.05, 0.1) is 57.3 Å². The van der Waals surface area contributed by atoms with Crippen molar-refractivity contribution in [1.82, 2.24) is 9.97 Å². The van der Waals surface area contributed by atoms with Gasteiger partial charge in [0.2, 0.25) is 11.6 Å². The van der Waals surface area contributed by atoms with E-state index in [-0.39, 0.29) is 32.7 Å². The Morgan fingerprint density at radius 1 is 0.643 bits per heavy atom. The van der Waals surface area contributed by atoms with E-state index in [1.54, 1.807) is 12.1 Å². The molecule has 2 heterocycles. The van der Waals surface area contributed by atoms with Gasteiger partial charge in [-0.3, -0.25) is 19.7 Å². The van der Waals surface area contributed by atoms with E-state index in [9.17, 15) is 62.9 Å². The van der Waals surface area contributed by atoms with Crippen LogP contribution in [-0.4, -0.2) is 71.0 Å². The highest BCUT2D eigenvalue weighted by Gasteiger charge is 2.39. The predicted octanol–water partition coefficient (Wildman–Crippen LogP) is 10.4. The number of nitrogens with two attached hydrogens (primary N) is 1. The fraction of sp³-hybridized carbons (Fsp3) is 0.143. The Morgan fingerprint density at radius 2 is 1.03 bits per heavy atom. The number of carbonyl (C=O) groups excluding carboxylic acids is 2. The Bertz CT molecular complexity index is 3230. The molecule has 0 unspecified atom stereocenters. The van der Waals surface area contributed by atoms with Crippen LogP contribution in [0.1, 0.15) is 43.2 Å². The monoisotopic (exact) mass is 1100 g/mol. The molecule has 6 aromatic rings. The molecule has 0 amide bonds. The number of rotatable bonds is 15. The summed E-state index contributed by atoms with van der Waals surface area (Å²) in [5, 5.41) is 9.84. The van der Waals surface area contributed by atoms with Gasteiger partial charge in [0.15, 0.2) is 0 Å². The lowest BCUT2D eigenvalue weighted by Crippen LogP contribution is -2.34. The van der Waals surface area contributed by atoms with Crippen LogP contribution >= 0.6 is 46.4 Å². The first kappa shape index (κ1) is 54.8. The smallest absolute Gasteiger partial charge is 0.398 e. The molecule has 6 rings (SSSR count). The van der Waals surface area contributed by atoms with Crippen LogP contribution in [-0.2, 0) is 41.9 Å². The van der Waals surface area contributed by atoms with E-state index >= 15 is 0 Å². The van der Waals surface area contributed by atoms with Gasteiger partial charge in [0.25, 0.3) is 25.7 Å². The molecule has 0 aliphatic heterocycles. The van der Waals surface area contributed by atoms with Gasteiger partial charge >= 0.3 is 12.4 Å². The topological polar surface area (TPSA) is 222 Å². The third kappa shape index (κ3) is 12.1. The molecule has 0 bridgehead atoms. The number of ether oxygens (including phenoxy) is 2. The lowest BCUT2D eigenvalue weighted by molar-refractivity contribution is -0.385. The Morgan fingerprint density at radius 3 is 1.41 bits per heavy atom. The number of benzene rings is 4. The highest BCUT2D eigenvalue weighted by Crippen LogP contribution is 2.40. The van der Waals surface area contributed by atoms with Gasteiger partial charge < -0.3 is 15.2 Å².